The summed E-state index contributed by atoms with van der Waals surface area (Å²) in [6.07, 6.45) is 0. The van der Waals surface area contributed by atoms with E-state index < -0.39 is 0 Å². The molecule has 0 bridgehead atoms. The molecular weight excluding hydrogens is 210 g/mol. The van der Waals surface area contributed by atoms with Crippen molar-refractivity contribution in [2.24, 2.45) is 0 Å². The highest BCUT2D eigenvalue weighted by atomic mass is 15.1. The molecule has 4 N–H and O–H groups in total. The Kier molecular flexibility index (Phi) is 4.00. The average Bonchev–Trinajstić information content (AvgIpc) is 2.38. The number of nitrogens with two attached hydrogens (primary N) is 1. The molecule has 2 aromatic rings. The van der Waals surface area contributed by atoms with Gasteiger partial charge in [0.05, 0.1) is 18.0 Å². The van der Waals surface area contributed by atoms with E-state index in [1.54, 1.807) is 0 Å². The average molecular weight is 227 g/mol. The minimum atomic E-state index is 0.698. The van der Waals surface area contributed by atoms with Crippen LogP contribution in [0, 0.1) is 0 Å². The van der Waals surface area contributed by atoms with Crippen molar-refractivity contribution in [3.05, 3.63) is 60.2 Å². The molecule has 17 heavy (non-hydrogen) atoms. The molecule has 0 atom stereocenters. The van der Waals surface area contributed by atoms with Gasteiger partial charge in [-0.2, -0.15) is 0 Å². The molecule has 0 aliphatic heterocycles. The molecule has 0 unspecified atom stereocenters. The highest BCUT2D eigenvalue weighted by Crippen LogP contribution is 2.15. The van der Waals surface area contributed by atoms with Gasteiger partial charge in [0.25, 0.3) is 0 Å². The molecule has 0 fully saturated rings. The lowest BCUT2D eigenvalue weighted by Gasteiger charge is -2.10. The van der Waals surface area contributed by atoms with Crippen LogP contribution in [0.15, 0.2) is 54.6 Å². The number of nitrogen functional groups attached to an aromatic ring is 1. The maximum absolute atomic E-state index is 5.82. The van der Waals surface area contributed by atoms with Crippen molar-refractivity contribution >= 4 is 11.4 Å². The quantitative estimate of drug-likeness (QED) is 0.418. The largest absolute Gasteiger partial charge is 0.397 e. The summed E-state index contributed by atoms with van der Waals surface area (Å²) in [5.41, 5.74) is 8.84. The monoisotopic (exact) mass is 227 g/mol. The first-order valence-corrected chi connectivity index (χ1v) is 5.69. The van der Waals surface area contributed by atoms with Crippen LogP contribution < -0.4 is 16.4 Å². The summed E-state index contributed by atoms with van der Waals surface area (Å²) in [4.78, 5) is 0. The molecule has 0 amide bonds. The van der Waals surface area contributed by atoms with Crippen molar-refractivity contribution in [2.75, 3.05) is 17.7 Å². The zero-order chi connectivity index (χ0) is 11.9. The third-order valence-corrected chi connectivity index (χ3v) is 2.54. The Morgan fingerprint density at radius 2 is 1.59 bits per heavy atom. The van der Waals surface area contributed by atoms with E-state index in [0.717, 1.165) is 17.9 Å². The van der Waals surface area contributed by atoms with Crippen LogP contribution in [-0.4, -0.2) is 6.67 Å². The Labute approximate surface area is 102 Å². The van der Waals surface area contributed by atoms with Crippen LogP contribution in [0.5, 0.6) is 0 Å². The zero-order valence-corrected chi connectivity index (χ0v) is 9.69. The van der Waals surface area contributed by atoms with Gasteiger partial charge in [-0.05, 0) is 17.7 Å². The molecule has 0 spiro atoms. The normalized spacial score (nSPS) is 10.1. The van der Waals surface area contributed by atoms with Gasteiger partial charge in [0.2, 0.25) is 0 Å². The van der Waals surface area contributed by atoms with Gasteiger partial charge in [0.15, 0.2) is 0 Å². The number of para-hydroxylation sites is 2. The second kappa shape index (κ2) is 5.92. The lowest BCUT2D eigenvalue weighted by Crippen LogP contribution is -2.21. The van der Waals surface area contributed by atoms with Crippen molar-refractivity contribution in [3.63, 3.8) is 0 Å². The van der Waals surface area contributed by atoms with Crippen molar-refractivity contribution in [3.8, 4) is 0 Å². The number of hydrogen-bond donors (Lipinski definition) is 3. The zero-order valence-electron chi connectivity index (χ0n) is 9.69. The van der Waals surface area contributed by atoms with Crippen LogP contribution in [0.3, 0.4) is 0 Å². The van der Waals surface area contributed by atoms with Crippen molar-refractivity contribution in [2.45, 2.75) is 6.54 Å². The summed E-state index contributed by atoms with van der Waals surface area (Å²) in [5.74, 6) is 0. The fraction of sp³-hybridized carbons (Fsp3) is 0.143. The number of benzene rings is 2. The van der Waals surface area contributed by atoms with E-state index >= 15 is 0 Å². The van der Waals surface area contributed by atoms with E-state index in [1.807, 2.05) is 42.5 Å². The molecule has 3 heteroatoms. The fourth-order valence-corrected chi connectivity index (χ4v) is 1.62. The lowest BCUT2D eigenvalue weighted by atomic mass is 10.2. The van der Waals surface area contributed by atoms with E-state index in [0.29, 0.717) is 6.67 Å². The summed E-state index contributed by atoms with van der Waals surface area (Å²) in [6, 6.07) is 18.1. The first kappa shape index (κ1) is 11.5. The first-order valence-electron chi connectivity index (χ1n) is 5.69. The number of rotatable bonds is 5. The van der Waals surface area contributed by atoms with Crippen LogP contribution >= 0.6 is 0 Å². The molecule has 0 aromatic heterocycles. The Morgan fingerprint density at radius 3 is 2.35 bits per heavy atom. The number of nitrogens with one attached hydrogen (secondary N) is 2. The predicted octanol–water partition coefficient (Wildman–Crippen LogP) is 2.43. The van der Waals surface area contributed by atoms with Gasteiger partial charge < -0.3 is 11.1 Å². The van der Waals surface area contributed by atoms with E-state index in [1.165, 1.54) is 5.56 Å². The molecule has 88 valence electrons. The van der Waals surface area contributed by atoms with Gasteiger partial charge >= 0.3 is 0 Å². The standard InChI is InChI=1S/C14H17N3/c15-13-8-4-5-9-14(13)17-11-16-10-12-6-2-1-3-7-12/h1-9,16-17H,10-11,15H2. The van der Waals surface area contributed by atoms with Crippen LogP contribution in [0.2, 0.25) is 0 Å². The van der Waals surface area contributed by atoms with Crippen LogP contribution in [0.4, 0.5) is 11.4 Å². The van der Waals surface area contributed by atoms with Gasteiger partial charge in [-0.15, -0.1) is 0 Å². The van der Waals surface area contributed by atoms with Crippen LogP contribution in [0.1, 0.15) is 5.56 Å². The van der Waals surface area contributed by atoms with Gasteiger partial charge in [0, 0.05) is 6.54 Å². The number of hydrogen-bond acceptors (Lipinski definition) is 3. The summed E-state index contributed by atoms with van der Waals surface area (Å²) in [5, 5.41) is 6.56. The maximum atomic E-state index is 5.82. The summed E-state index contributed by atoms with van der Waals surface area (Å²) in [6.45, 7) is 1.55. The molecule has 0 aliphatic carbocycles. The smallest absolute Gasteiger partial charge is 0.0656 e. The van der Waals surface area contributed by atoms with Gasteiger partial charge in [-0.1, -0.05) is 42.5 Å². The molecule has 2 aromatic carbocycles. The second-order valence-corrected chi connectivity index (χ2v) is 3.85. The van der Waals surface area contributed by atoms with Crippen LogP contribution in [0.25, 0.3) is 0 Å². The highest BCUT2D eigenvalue weighted by Gasteiger charge is 1.95. The minimum Gasteiger partial charge on any atom is -0.397 e. The lowest BCUT2D eigenvalue weighted by molar-refractivity contribution is 0.735. The third kappa shape index (κ3) is 3.50. The van der Waals surface area contributed by atoms with Crippen molar-refractivity contribution in [1.29, 1.82) is 0 Å². The SMILES string of the molecule is Nc1ccccc1NCNCc1ccccc1. The molecule has 0 radical (unpaired) electrons. The second-order valence-electron chi connectivity index (χ2n) is 3.85. The summed E-state index contributed by atoms with van der Waals surface area (Å²) < 4.78 is 0. The topological polar surface area (TPSA) is 50.1 Å². The van der Waals surface area contributed by atoms with E-state index in [9.17, 15) is 0 Å². The summed E-state index contributed by atoms with van der Waals surface area (Å²) >= 11 is 0. The Hall–Kier alpha value is -2.00. The molecule has 0 saturated carbocycles. The van der Waals surface area contributed by atoms with E-state index in [-0.39, 0.29) is 0 Å². The molecule has 2 rings (SSSR count). The van der Waals surface area contributed by atoms with Gasteiger partial charge in [-0.3, -0.25) is 5.32 Å². The minimum absolute atomic E-state index is 0.698. The first-order chi connectivity index (χ1) is 8.36. The molecule has 3 nitrogen and oxygen atoms in total. The Bertz CT molecular complexity index is 454. The Morgan fingerprint density at radius 1 is 0.882 bits per heavy atom. The Balaban J connectivity index is 1.76. The number of anilines is 2. The molecule has 0 saturated heterocycles. The third-order valence-electron chi connectivity index (χ3n) is 2.54. The van der Waals surface area contributed by atoms with E-state index in [4.69, 9.17) is 5.73 Å². The predicted molar refractivity (Wildman–Crippen MR) is 72.6 cm³/mol. The fourth-order valence-electron chi connectivity index (χ4n) is 1.62. The van der Waals surface area contributed by atoms with Crippen LogP contribution in [-0.2, 0) is 6.54 Å². The summed E-state index contributed by atoms with van der Waals surface area (Å²) in [7, 11) is 0. The van der Waals surface area contributed by atoms with Crippen molar-refractivity contribution < 1.29 is 0 Å². The highest BCUT2D eigenvalue weighted by molar-refractivity contribution is 5.65. The maximum Gasteiger partial charge on any atom is 0.0656 e. The van der Waals surface area contributed by atoms with Gasteiger partial charge in [0.1, 0.15) is 0 Å². The molecule has 0 heterocycles. The molecular formula is C14H17N3. The van der Waals surface area contributed by atoms with E-state index in [2.05, 4.69) is 22.8 Å². The van der Waals surface area contributed by atoms with Crippen molar-refractivity contribution in [1.82, 2.24) is 5.32 Å². The molecule has 0 aliphatic rings. The van der Waals surface area contributed by atoms with Gasteiger partial charge in [-0.25, -0.2) is 0 Å².